The largest absolute Gasteiger partial charge is 0.378 e. The van der Waals surface area contributed by atoms with Crippen LogP contribution in [-0.2, 0) is 0 Å². The van der Waals surface area contributed by atoms with Crippen LogP contribution in [0.5, 0.6) is 0 Å². The third kappa shape index (κ3) is 14.0. The zero-order valence-corrected chi connectivity index (χ0v) is 14.8. The lowest BCUT2D eigenvalue weighted by molar-refractivity contribution is 0.322. The minimum absolute atomic E-state index is 0.805. The summed E-state index contributed by atoms with van der Waals surface area (Å²) >= 11 is 0. The Kier molecular flexibility index (Phi) is 13.2. The Morgan fingerprint density at radius 1 is 0.800 bits per heavy atom. The van der Waals surface area contributed by atoms with Crippen LogP contribution < -0.4 is 0 Å². The Labute approximate surface area is 128 Å². The van der Waals surface area contributed by atoms with Crippen molar-refractivity contribution in [3.63, 3.8) is 0 Å². The van der Waals surface area contributed by atoms with E-state index < -0.39 is 0 Å². The molecule has 0 aliphatic carbocycles. The van der Waals surface area contributed by atoms with Gasteiger partial charge in [-0.15, -0.1) is 0 Å². The first-order valence-electron chi connectivity index (χ1n) is 8.97. The summed E-state index contributed by atoms with van der Waals surface area (Å²) in [6.45, 7) is 14.0. The second-order valence-corrected chi connectivity index (χ2v) is 6.99. The molecule has 0 aromatic heterocycles. The van der Waals surface area contributed by atoms with Crippen molar-refractivity contribution in [3.05, 3.63) is 12.3 Å². The van der Waals surface area contributed by atoms with Crippen LogP contribution in [0.15, 0.2) is 12.3 Å². The van der Waals surface area contributed by atoms with Crippen LogP contribution >= 0.6 is 0 Å². The molecule has 20 heavy (non-hydrogen) atoms. The molecule has 0 aliphatic heterocycles. The van der Waals surface area contributed by atoms with Gasteiger partial charge in [0.05, 0.1) is 0 Å². The third-order valence-corrected chi connectivity index (χ3v) is 3.78. The van der Waals surface area contributed by atoms with Crippen LogP contribution in [-0.4, -0.2) is 18.0 Å². The molecule has 0 unspecified atom stereocenters. The van der Waals surface area contributed by atoms with Gasteiger partial charge in [0.25, 0.3) is 0 Å². The van der Waals surface area contributed by atoms with E-state index in [0.717, 1.165) is 11.8 Å². The number of allylic oxidation sites excluding steroid dienone is 1. The van der Waals surface area contributed by atoms with Crippen molar-refractivity contribution in [3.8, 4) is 0 Å². The maximum atomic E-state index is 2.53. The number of hydrogen-bond donors (Lipinski definition) is 0. The Balaban J connectivity index is 3.86. The van der Waals surface area contributed by atoms with Crippen LogP contribution in [0.25, 0.3) is 0 Å². The van der Waals surface area contributed by atoms with Crippen LogP contribution in [0.2, 0.25) is 0 Å². The molecule has 0 aromatic rings. The second-order valence-electron chi connectivity index (χ2n) is 6.99. The van der Waals surface area contributed by atoms with Gasteiger partial charge in [0.15, 0.2) is 0 Å². The monoisotopic (exact) mass is 281 g/mol. The first-order valence-corrected chi connectivity index (χ1v) is 8.97. The van der Waals surface area contributed by atoms with Gasteiger partial charge < -0.3 is 4.90 Å². The fourth-order valence-electron chi connectivity index (χ4n) is 2.20. The predicted molar refractivity (Wildman–Crippen MR) is 93.0 cm³/mol. The minimum atomic E-state index is 0.805. The minimum Gasteiger partial charge on any atom is -0.378 e. The molecule has 0 N–H and O–H groups in total. The molecule has 0 amide bonds. The molecule has 0 radical (unpaired) electrons. The second kappa shape index (κ2) is 13.5. The molecule has 0 aromatic carbocycles. The van der Waals surface area contributed by atoms with E-state index >= 15 is 0 Å². The summed E-state index contributed by atoms with van der Waals surface area (Å²) in [5.74, 6) is 1.61. The van der Waals surface area contributed by atoms with Crippen molar-refractivity contribution in [2.75, 3.05) is 13.1 Å². The lowest BCUT2D eigenvalue weighted by Gasteiger charge is -2.22. The first kappa shape index (κ1) is 19.5. The van der Waals surface area contributed by atoms with E-state index in [1.54, 1.807) is 0 Å². The van der Waals surface area contributed by atoms with Gasteiger partial charge in [0, 0.05) is 13.1 Å². The van der Waals surface area contributed by atoms with E-state index in [1.165, 1.54) is 64.5 Å². The molecule has 0 atom stereocenters. The zero-order chi connectivity index (χ0) is 15.2. The summed E-state index contributed by atoms with van der Waals surface area (Å²) in [5.41, 5.74) is 0. The molecular weight excluding hydrogens is 242 g/mol. The quantitative estimate of drug-likeness (QED) is 0.360. The summed E-state index contributed by atoms with van der Waals surface area (Å²) in [5, 5.41) is 0. The highest BCUT2D eigenvalue weighted by Gasteiger charge is 2.03. The fraction of sp³-hybridized carbons (Fsp3) is 0.895. The highest BCUT2D eigenvalue weighted by molar-refractivity contribution is 4.83. The lowest BCUT2D eigenvalue weighted by Crippen LogP contribution is -2.22. The summed E-state index contributed by atoms with van der Waals surface area (Å²) in [7, 11) is 0. The SMILES string of the molecule is CCCCCCC/C=C/N(CCC(C)C)CCC(C)C. The molecule has 120 valence electrons. The number of rotatable bonds is 13. The van der Waals surface area contributed by atoms with Gasteiger partial charge in [-0.2, -0.15) is 0 Å². The molecule has 0 spiro atoms. The summed E-state index contributed by atoms with van der Waals surface area (Å²) < 4.78 is 0. The smallest absolute Gasteiger partial charge is 0.0174 e. The highest BCUT2D eigenvalue weighted by Crippen LogP contribution is 2.09. The molecule has 0 saturated carbocycles. The van der Waals surface area contributed by atoms with Crippen molar-refractivity contribution in [1.29, 1.82) is 0 Å². The van der Waals surface area contributed by atoms with Crippen LogP contribution in [0, 0.1) is 11.8 Å². The van der Waals surface area contributed by atoms with Crippen LogP contribution in [0.1, 0.15) is 86.0 Å². The van der Waals surface area contributed by atoms with Crippen molar-refractivity contribution >= 4 is 0 Å². The molecule has 0 bridgehead atoms. The highest BCUT2D eigenvalue weighted by atomic mass is 15.1. The number of nitrogens with zero attached hydrogens (tertiary/aromatic N) is 1. The Bertz CT molecular complexity index is 206. The topological polar surface area (TPSA) is 3.24 Å². The molecule has 0 aliphatic rings. The average Bonchev–Trinajstić information content (AvgIpc) is 2.39. The van der Waals surface area contributed by atoms with E-state index in [0.29, 0.717) is 0 Å². The van der Waals surface area contributed by atoms with Crippen molar-refractivity contribution < 1.29 is 0 Å². The van der Waals surface area contributed by atoms with Gasteiger partial charge in [-0.3, -0.25) is 0 Å². The molecule has 0 saturated heterocycles. The summed E-state index contributed by atoms with van der Waals surface area (Å²) in [4.78, 5) is 2.53. The van der Waals surface area contributed by atoms with E-state index in [4.69, 9.17) is 0 Å². The van der Waals surface area contributed by atoms with E-state index in [2.05, 4.69) is 51.8 Å². The standard InChI is InChI=1S/C19H39N/c1-6-7-8-9-10-11-12-15-20(16-13-18(2)3)17-14-19(4)5/h12,15,18-19H,6-11,13-14,16-17H2,1-5H3/b15-12+. The first-order chi connectivity index (χ1) is 9.56. The Morgan fingerprint density at radius 2 is 1.35 bits per heavy atom. The molecular formula is C19H39N. The Morgan fingerprint density at radius 3 is 1.85 bits per heavy atom. The number of hydrogen-bond acceptors (Lipinski definition) is 1. The van der Waals surface area contributed by atoms with Gasteiger partial charge in [-0.1, -0.05) is 66.4 Å². The van der Waals surface area contributed by atoms with Gasteiger partial charge in [-0.05, 0) is 43.7 Å². The normalized spacial score (nSPS) is 11.9. The van der Waals surface area contributed by atoms with Gasteiger partial charge in [-0.25, -0.2) is 0 Å². The predicted octanol–water partition coefficient (Wildman–Crippen LogP) is 6.25. The Hall–Kier alpha value is -0.460. The van der Waals surface area contributed by atoms with Gasteiger partial charge in [0.1, 0.15) is 0 Å². The molecule has 0 fully saturated rings. The number of unbranched alkanes of at least 4 members (excludes halogenated alkanes) is 5. The van der Waals surface area contributed by atoms with Crippen molar-refractivity contribution in [1.82, 2.24) is 4.90 Å². The molecule has 1 nitrogen and oxygen atoms in total. The fourth-order valence-corrected chi connectivity index (χ4v) is 2.20. The average molecular weight is 282 g/mol. The molecule has 0 heterocycles. The van der Waals surface area contributed by atoms with Crippen LogP contribution in [0.3, 0.4) is 0 Å². The van der Waals surface area contributed by atoms with Gasteiger partial charge in [0.2, 0.25) is 0 Å². The third-order valence-electron chi connectivity index (χ3n) is 3.78. The van der Waals surface area contributed by atoms with Crippen molar-refractivity contribution in [2.45, 2.75) is 86.0 Å². The molecule has 0 rings (SSSR count). The lowest BCUT2D eigenvalue weighted by atomic mass is 10.1. The maximum Gasteiger partial charge on any atom is 0.0174 e. The summed E-state index contributed by atoms with van der Waals surface area (Å²) in [6.07, 6.45) is 15.5. The van der Waals surface area contributed by atoms with E-state index in [1.807, 2.05) is 0 Å². The van der Waals surface area contributed by atoms with Crippen molar-refractivity contribution in [2.24, 2.45) is 11.8 Å². The van der Waals surface area contributed by atoms with E-state index in [-0.39, 0.29) is 0 Å². The van der Waals surface area contributed by atoms with Crippen LogP contribution in [0.4, 0.5) is 0 Å². The maximum absolute atomic E-state index is 2.53. The van der Waals surface area contributed by atoms with E-state index in [9.17, 15) is 0 Å². The zero-order valence-electron chi connectivity index (χ0n) is 14.8. The molecule has 1 heteroatoms. The summed E-state index contributed by atoms with van der Waals surface area (Å²) in [6, 6.07) is 0. The van der Waals surface area contributed by atoms with Gasteiger partial charge >= 0.3 is 0 Å².